The van der Waals surface area contributed by atoms with Crippen molar-refractivity contribution in [2.24, 2.45) is 0 Å². The van der Waals surface area contributed by atoms with Crippen molar-refractivity contribution < 1.29 is 13.9 Å². The third-order valence-corrected chi connectivity index (χ3v) is 4.11. The number of rotatable bonds is 2. The molecule has 1 aromatic rings. The second kappa shape index (κ2) is 5.63. The molecule has 0 atom stereocenters. The number of alkyl halides is 1. The van der Waals surface area contributed by atoms with Crippen LogP contribution in [0.3, 0.4) is 0 Å². The van der Waals surface area contributed by atoms with E-state index in [0.717, 1.165) is 0 Å². The topological polar surface area (TPSA) is 64.1 Å². The van der Waals surface area contributed by atoms with E-state index in [-0.39, 0.29) is 6.04 Å². The Kier molecular flexibility index (Phi) is 4.27. The van der Waals surface area contributed by atoms with Crippen LogP contribution in [0.4, 0.5) is 9.18 Å². The van der Waals surface area contributed by atoms with E-state index in [4.69, 9.17) is 4.74 Å². The molecule has 1 N–H and O–H groups in total. The van der Waals surface area contributed by atoms with Crippen LogP contribution in [0.5, 0.6) is 0 Å². The second-order valence-electron chi connectivity index (χ2n) is 6.13. The lowest BCUT2D eigenvalue weighted by molar-refractivity contribution is 0.0428. The number of halogens is 1. The highest BCUT2D eigenvalue weighted by molar-refractivity contribution is 7.09. The summed E-state index contributed by atoms with van der Waals surface area (Å²) in [5.41, 5.74) is -0.371. The van der Waals surface area contributed by atoms with Gasteiger partial charge in [-0.15, -0.1) is 21.5 Å². The largest absolute Gasteiger partial charge is 0.444 e. The maximum atomic E-state index is 14.7. The predicted octanol–water partition coefficient (Wildman–Crippen LogP) is 3.17. The Morgan fingerprint density at radius 1 is 1.50 bits per heavy atom. The molecule has 1 amide bonds. The van der Waals surface area contributed by atoms with Crippen molar-refractivity contribution in [3.05, 3.63) is 10.5 Å². The molecule has 0 bridgehead atoms. The fraction of sp³-hybridized carbons (Fsp3) is 0.769. The molecule has 7 heteroatoms. The highest BCUT2D eigenvalue weighted by atomic mass is 32.1. The molecule has 112 valence electrons. The van der Waals surface area contributed by atoms with Gasteiger partial charge in [-0.3, -0.25) is 0 Å². The highest BCUT2D eigenvalue weighted by Gasteiger charge is 2.40. The normalized spacial score (nSPS) is 27.1. The van der Waals surface area contributed by atoms with Gasteiger partial charge < -0.3 is 10.1 Å². The number of hydrogen-bond donors (Lipinski definition) is 1. The first-order valence-corrected chi connectivity index (χ1v) is 7.61. The Hall–Kier alpha value is -1.24. The molecule has 1 saturated carbocycles. The summed E-state index contributed by atoms with van der Waals surface area (Å²) < 4.78 is 19.9. The molecule has 1 aromatic heterocycles. The Bertz CT molecular complexity index is 451. The fourth-order valence-corrected chi connectivity index (χ4v) is 2.98. The van der Waals surface area contributed by atoms with Crippen LogP contribution in [0.15, 0.2) is 5.51 Å². The van der Waals surface area contributed by atoms with E-state index < -0.39 is 17.4 Å². The van der Waals surface area contributed by atoms with Gasteiger partial charge in [-0.2, -0.15) is 0 Å². The molecular formula is C13H20FN3O2S. The fourth-order valence-electron chi connectivity index (χ4n) is 2.28. The highest BCUT2D eigenvalue weighted by Crippen LogP contribution is 2.41. The summed E-state index contributed by atoms with van der Waals surface area (Å²) in [6, 6.07) is -0.0401. The number of nitrogens with one attached hydrogen (secondary N) is 1. The lowest BCUT2D eigenvalue weighted by Gasteiger charge is -2.33. The molecular weight excluding hydrogens is 281 g/mol. The molecule has 0 aromatic carbocycles. The van der Waals surface area contributed by atoms with Crippen LogP contribution in [-0.2, 0) is 10.4 Å². The summed E-state index contributed by atoms with van der Waals surface area (Å²) in [5.74, 6) is 0. The van der Waals surface area contributed by atoms with Gasteiger partial charge in [0.15, 0.2) is 10.7 Å². The molecule has 1 heterocycles. The number of alkyl carbamates (subject to hydrolysis) is 1. The van der Waals surface area contributed by atoms with E-state index in [1.54, 1.807) is 5.51 Å². The number of ether oxygens (including phenoxy) is 1. The Balaban J connectivity index is 1.84. The maximum Gasteiger partial charge on any atom is 0.407 e. The smallest absolute Gasteiger partial charge is 0.407 e. The molecule has 20 heavy (non-hydrogen) atoms. The van der Waals surface area contributed by atoms with Crippen LogP contribution in [-0.4, -0.2) is 27.9 Å². The monoisotopic (exact) mass is 301 g/mol. The van der Waals surface area contributed by atoms with Crippen LogP contribution in [0.25, 0.3) is 0 Å². The molecule has 0 spiro atoms. The first kappa shape index (κ1) is 15.2. The van der Waals surface area contributed by atoms with E-state index in [1.165, 1.54) is 11.3 Å². The second-order valence-corrected chi connectivity index (χ2v) is 6.96. The summed E-state index contributed by atoms with van der Waals surface area (Å²) in [6.07, 6.45) is 1.42. The quantitative estimate of drug-likeness (QED) is 0.911. The van der Waals surface area contributed by atoms with Gasteiger partial charge in [0, 0.05) is 6.04 Å². The molecule has 1 aliphatic rings. The zero-order chi connectivity index (χ0) is 14.8. The van der Waals surface area contributed by atoms with Gasteiger partial charge in [0.2, 0.25) is 0 Å². The number of aromatic nitrogens is 2. The predicted molar refractivity (Wildman–Crippen MR) is 74.3 cm³/mol. The Labute approximate surface area is 121 Å². The third-order valence-electron chi connectivity index (χ3n) is 3.24. The van der Waals surface area contributed by atoms with Crippen LogP contribution in [0.1, 0.15) is 51.5 Å². The van der Waals surface area contributed by atoms with Gasteiger partial charge in [-0.25, -0.2) is 9.18 Å². The lowest BCUT2D eigenvalue weighted by Crippen LogP contribution is -2.43. The van der Waals surface area contributed by atoms with E-state index in [1.807, 2.05) is 20.8 Å². The molecule has 0 unspecified atom stereocenters. The van der Waals surface area contributed by atoms with Gasteiger partial charge in [0.05, 0.1) is 0 Å². The number of carbonyl (C=O) groups excluding carboxylic acids is 1. The minimum atomic E-state index is -1.40. The van der Waals surface area contributed by atoms with Crippen LogP contribution < -0.4 is 5.32 Å². The summed E-state index contributed by atoms with van der Waals surface area (Å²) in [4.78, 5) is 11.7. The number of hydrogen-bond acceptors (Lipinski definition) is 5. The average Bonchev–Trinajstić information content (AvgIpc) is 2.84. The van der Waals surface area contributed by atoms with E-state index >= 15 is 0 Å². The van der Waals surface area contributed by atoms with Crippen LogP contribution in [0, 0.1) is 0 Å². The van der Waals surface area contributed by atoms with Gasteiger partial charge in [0.25, 0.3) is 0 Å². The SMILES string of the molecule is CC(C)(C)OC(=O)NC1CCC(F)(c2nncs2)CC1. The summed E-state index contributed by atoms with van der Waals surface area (Å²) in [5, 5.41) is 10.8. The number of nitrogens with zero attached hydrogens (tertiary/aromatic N) is 2. The zero-order valence-electron chi connectivity index (χ0n) is 12.0. The molecule has 1 aliphatic carbocycles. The van der Waals surface area contributed by atoms with E-state index in [0.29, 0.717) is 30.7 Å². The number of carbonyl (C=O) groups is 1. The first-order valence-electron chi connectivity index (χ1n) is 6.74. The Morgan fingerprint density at radius 2 is 2.15 bits per heavy atom. The summed E-state index contributed by atoms with van der Waals surface area (Å²) in [7, 11) is 0. The first-order chi connectivity index (χ1) is 9.28. The minimum Gasteiger partial charge on any atom is -0.444 e. The standard InChI is InChI=1S/C13H20FN3O2S/c1-12(2,3)19-11(18)16-9-4-6-13(14,7-5-9)10-17-15-8-20-10/h8-9H,4-7H2,1-3H3,(H,16,18). The molecule has 2 rings (SSSR count). The van der Waals surface area contributed by atoms with Gasteiger partial charge in [0.1, 0.15) is 11.1 Å². The molecule has 0 radical (unpaired) electrons. The van der Waals surface area contributed by atoms with Crippen molar-refractivity contribution in [1.82, 2.24) is 15.5 Å². The molecule has 0 saturated heterocycles. The average molecular weight is 301 g/mol. The van der Waals surface area contributed by atoms with Gasteiger partial charge >= 0.3 is 6.09 Å². The summed E-state index contributed by atoms with van der Waals surface area (Å²) >= 11 is 1.24. The van der Waals surface area contributed by atoms with E-state index in [2.05, 4.69) is 15.5 Å². The maximum absolute atomic E-state index is 14.7. The van der Waals surface area contributed by atoms with Crippen molar-refractivity contribution >= 4 is 17.4 Å². The lowest BCUT2D eigenvalue weighted by atomic mass is 9.84. The molecule has 1 fully saturated rings. The third kappa shape index (κ3) is 3.88. The van der Waals surface area contributed by atoms with Crippen molar-refractivity contribution in [1.29, 1.82) is 0 Å². The molecule has 0 aliphatic heterocycles. The van der Waals surface area contributed by atoms with Crippen LogP contribution in [0.2, 0.25) is 0 Å². The van der Waals surface area contributed by atoms with Crippen molar-refractivity contribution in [3.63, 3.8) is 0 Å². The molecule has 5 nitrogen and oxygen atoms in total. The van der Waals surface area contributed by atoms with Crippen molar-refractivity contribution in [3.8, 4) is 0 Å². The van der Waals surface area contributed by atoms with Gasteiger partial charge in [-0.1, -0.05) is 0 Å². The van der Waals surface area contributed by atoms with Crippen molar-refractivity contribution in [2.45, 2.75) is 63.8 Å². The van der Waals surface area contributed by atoms with Crippen LogP contribution >= 0.6 is 11.3 Å². The number of amides is 1. The zero-order valence-corrected chi connectivity index (χ0v) is 12.8. The van der Waals surface area contributed by atoms with Crippen molar-refractivity contribution in [2.75, 3.05) is 0 Å². The van der Waals surface area contributed by atoms with Gasteiger partial charge in [-0.05, 0) is 46.5 Å². The van der Waals surface area contributed by atoms with E-state index in [9.17, 15) is 9.18 Å². The Morgan fingerprint density at radius 3 is 2.65 bits per heavy atom. The minimum absolute atomic E-state index is 0.0401. The summed E-state index contributed by atoms with van der Waals surface area (Å²) in [6.45, 7) is 5.44.